The molecular formula is C25H24N6O4. The van der Waals surface area contributed by atoms with Crippen molar-refractivity contribution >= 4 is 17.5 Å². The Morgan fingerprint density at radius 1 is 0.914 bits per heavy atom. The van der Waals surface area contributed by atoms with Crippen LogP contribution in [0.4, 0.5) is 5.69 Å². The summed E-state index contributed by atoms with van der Waals surface area (Å²) in [6.45, 7) is 0.198. The molecule has 0 aliphatic carbocycles. The van der Waals surface area contributed by atoms with Gasteiger partial charge in [0.15, 0.2) is 11.5 Å². The van der Waals surface area contributed by atoms with E-state index in [0.717, 1.165) is 5.56 Å². The average Bonchev–Trinajstić information content (AvgIpc) is 3.36. The van der Waals surface area contributed by atoms with Crippen molar-refractivity contribution in [3.63, 3.8) is 0 Å². The fraction of sp³-hybridized carbons (Fsp3) is 0.160. The lowest BCUT2D eigenvalue weighted by atomic mass is 10.1. The minimum atomic E-state index is -0.399. The quantitative estimate of drug-likeness (QED) is 0.384. The van der Waals surface area contributed by atoms with Gasteiger partial charge in [0.1, 0.15) is 6.54 Å². The van der Waals surface area contributed by atoms with Crippen LogP contribution in [0.3, 0.4) is 0 Å². The van der Waals surface area contributed by atoms with Crippen LogP contribution in [0.2, 0.25) is 0 Å². The summed E-state index contributed by atoms with van der Waals surface area (Å²) in [6, 6.07) is 21.6. The van der Waals surface area contributed by atoms with E-state index < -0.39 is 5.91 Å². The Balaban J connectivity index is 1.41. The highest BCUT2D eigenvalue weighted by Gasteiger charge is 2.15. The van der Waals surface area contributed by atoms with Crippen LogP contribution >= 0.6 is 0 Å². The van der Waals surface area contributed by atoms with E-state index in [4.69, 9.17) is 9.47 Å². The molecule has 0 saturated heterocycles. The first-order chi connectivity index (χ1) is 17.1. The summed E-state index contributed by atoms with van der Waals surface area (Å²) in [7, 11) is 3.09. The van der Waals surface area contributed by atoms with E-state index in [9.17, 15) is 9.59 Å². The fourth-order valence-corrected chi connectivity index (χ4v) is 3.38. The number of tetrazole rings is 1. The van der Waals surface area contributed by atoms with Gasteiger partial charge in [0.05, 0.1) is 25.5 Å². The zero-order chi connectivity index (χ0) is 24.6. The van der Waals surface area contributed by atoms with Crippen molar-refractivity contribution in [1.82, 2.24) is 25.5 Å². The molecule has 178 valence electrons. The number of methoxy groups -OCH3 is 2. The molecule has 4 rings (SSSR count). The van der Waals surface area contributed by atoms with Crippen molar-refractivity contribution < 1.29 is 19.1 Å². The molecule has 0 bridgehead atoms. The Morgan fingerprint density at radius 3 is 2.43 bits per heavy atom. The molecule has 1 aromatic heterocycles. The number of carbonyl (C=O) groups is 2. The van der Waals surface area contributed by atoms with Crippen molar-refractivity contribution in [1.29, 1.82) is 0 Å². The Morgan fingerprint density at radius 2 is 1.66 bits per heavy atom. The summed E-state index contributed by atoms with van der Waals surface area (Å²) >= 11 is 0. The van der Waals surface area contributed by atoms with E-state index in [1.165, 1.54) is 11.9 Å². The minimum Gasteiger partial charge on any atom is -0.493 e. The van der Waals surface area contributed by atoms with E-state index >= 15 is 0 Å². The van der Waals surface area contributed by atoms with Crippen LogP contribution in [0.1, 0.15) is 15.9 Å². The molecule has 10 nitrogen and oxygen atoms in total. The Kier molecular flexibility index (Phi) is 7.31. The van der Waals surface area contributed by atoms with Gasteiger partial charge in [-0.05, 0) is 41.1 Å². The van der Waals surface area contributed by atoms with Crippen LogP contribution in [0.5, 0.6) is 11.5 Å². The molecule has 3 aromatic carbocycles. The van der Waals surface area contributed by atoms with Crippen LogP contribution in [0, 0.1) is 0 Å². The Labute approximate surface area is 201 Å². The molecule has 2 N–H and O–H groups in total. The van der Waals surface area contributed by atoms with E-state index in [1.54, 1.807) is 49.6 Å². The number of hydrogen-bond donors (Lipinski definition) is 2. The first-order valence-electron chi connectivity index (χ1n) is 10.8. The van der Waals surface area contributed by atoms with Crippen LogP contribution in [0.25, 0.3) is 11.4 Å². The molecule has 35 heavy (non-hydrogen) atoms. The summed E-state index contributed by atoms with van der Waals surface area (Å²) in [5.41, 5.74) is 2.39. The summed E-state index contributed by atoms with van der Waals surface area (Å²) in [5, 5.41) is 17.9. The fourth-order valence-electron chi connectivity index (χ4n) is 3.38. The predicted molar refractivity (Wildman–Crippen MR) is 129 cm³/mol. The molecular weight excluding hydrogens is 448 g/mol. The lowest BCUT2D eigenvalue weighted by molar-refractivity contribution is -0.117. The standard InChI is InChI=1S/C25H24N6O4/c1-34-21-13-12-18(14-22(21)35-2)24-28-30-31(29-24)16-23(32)27-20-11-7-6-10-19(20)25(33)26-15-17-8-4-3-5-9-17/h3-14H,15-16H2,1-2H3,(H,26,33)(H,27,32). The molecule has 10 heteroatoms. The second kappa shape index (κ2) is 10.9. The molecule has 4 aromatic rings. The minimum absolute atomic E-state index is 0.180. The number of rotatable bonds is 9. The second-order valence-corrected chi connectivity index (χ2v) is 7.48. The molecule has 0 spiro atoms. The van der Waals surface area contributed by atoms with Crippen molar-refractivity contribution in [2.24, 2.45) is 0 Å². The first-order valence-corrected chi connectivity index (χ1v) is 10.8. The molecule has 1 heterocycles. The summed E-state index contributed by atoms with van der Waals surface area (Å²) in [5.74, 6) is 0.749. The number of nitrogens with zero attached hydrogens (tertiary/aromatic N) is 4. The lowest BCUT2D eigenvalue weighted by Gasteiger charge is -2.11. The maximum atomic E-state index is 12.7. The lowest BCUT2D eigenvalue weighted by Crippen LogP contribution is -2.26. The average molecular weight is 473 g/mol. The first kappa shape index (κ1) is 23.4. The van der Waals surface area contributed by atoms with E-state index in [1.807, 2.05) is 30.3 Å². The zero-order valence-corrected chi connectivity index (χ0v) is 19.3. The smallest absolute Gasteiger partial charge is 0.253 e. The van der Waals surface area contributed by atoms with E-state index in [0.29, 0.717) is 40.7 Å². The summed E-state index contributed by atoms with van der Waals surface area (Å²) in [4.78, 5) is 26.6. The number of para-hydroxylation sites is 1. The molecule has 2 amide bonds. The molecule has 0 saturated carbocycles. The van der Waals surface area contributed by atoms with Crippen LogP contribution < -0.4 is 20.1 Å². The van der Waals surface area contributed by atoms with E-state index in [-0.39, 0.29) is 12.5 Å². The normalized spacial score (nSPS) is 10.5. The third-order valence-corrected chi connectivity index (χ3v) is 5.12. The summed E-state index contributed by atoms with van der Waals surface area (Å²) in [6.07, 6.45) is 0. The molecule has 0 fully saturated rings. The van der Waals surface area contributed by atoms with E-state index in [2.05, 4.69) is 26.0 Å². The van der Waals surface area contributed by atoms with Gasteiger partial charge in [-0.25, -0.2) is 0 Å². The number of carbonyl (C=O) groups excluding carboxylic acids is 2. The SMILES string of the molecule is COc1ccc(-c2nnn(CC(=O)Nc3ccccc3C(=O)NCc3ccccc3)n2)cc1OC. The van der Waals surface area contributed by atoms with Gasteiger partial charge in [0, 0.05) is 12.1 Å². The molecule has 0 aliphatic rings. The van der Waals surface area contributed by atoms with Gasteiger partial charge in [0.25, 0.3) is 5.91 Å². The highest BCUT2D eigenvalue weighted by Crippen LogP contribution is 2.30. The summed E-state index contributed by atoms with van der Waals surface area (Å²) < 4.78 is 10.5. The number of amides is 2. The molecule has 0 aliphatic heterocycles. The Bertz CT molecular complexity index is 1320. The van der Waals surface area contributed by atoms with Crippen molar-refractivity contribution in [2.45, 2.75) is 13.1 Å². The molecule has 0 atom stereocenters. The maximum Gasteiger partial charge on any atom is 0.253 e. The van der Waals surface area contributed by atoms with Crippen molar-refractivity contribution in [3.05, 3.63) is 83.9 Å². The largest absolute Gasteiger partial charge is 0.493 e. The zero-order valence-electron chi connectivity index (χ0n) is 19.3. The van der Waals surface area contributed by atoms with Gasteiger partial charge in [-0.2, -0.15) is 4.80 Å². The van der Waals surface area contributed by atoms with Gasteiger partial charge >= 0.3 is 0 Å². The van der Waals surface area contributed by atoms with Crippen molar-refractivity contribution in [2.75, 3.05) is 19.5 Å². The Hall–Kier alpha value is -4.73. The van der Waals surface area contributed by atoms with Crippen LogP contribution in [-0.4, -0.2) is 46.2 Å². The van der Waals surface area contributed by atoms with Gasteiger partial charge in [0.2, 0.25) is 11.7 Å². The number of benzene rings is 3. The number of hydrogen-bond acceptors (Lipinski definition) is 7. The maximum absolute atomic E-state index is 12.7. The third kappa shape index (κ3) is 5.80. The topological polar surface area (TPSA) is 120 Å². The molecule has 0 unspecified atom stereocenters. The number of aromatic nitrogens is 4. The number of anilines is 1. The van der Waals surface area contributed by atoms with Crippen LogP contribution in [0.15, 0.2) is 72.8 Å². The monoisotopic (exact) mass is 472 g/mol. The highest BCUT2D eigenvalue weighted by molar-refractivity contribution is 6.03. The number of ether oxygens (including phenoxy) is 2. The van der Waals surface area contributed by atoms with Gasteiger partial charge in [-0.1, -0.05) is 42.5 Å². The second-order valence-electron chi connectivity index (χ2n) is 7.48. The molecule has 0 radical (unpaired) electrons. The van der Waals surface area contributed by atoms with Gasteiger partial charge in [-0.3, -0.25) is 9.59 Å². The highest BCUT2D eigenvalue weighted by atomic mass is 16.5. The van der Waals surface area contributed by atoms with Crippen molar-refractivity contribution in [3.8, 4) is 22.9 Å². The van der Waals surface area contributed by atoms with Gasteiger partial charge < -0.3 is 20.1 Å². The predicted octanol–water partition coefficient (Wildman–Crippen LogP) is 2.93. The third-order valence-electron chi connectivity index (χ3n) is 5.12. The number of nitrogens with one attached hydrogen (secondary N) is 2. The van der Waals surface area contributed by atoms with Gasteiger partial charge in [-0.15, -0.1) is 10.2 Å². The van der Waals surface area contributed by atoms with Crippen LogP contribution in [-0.2, 0) is 17.9 Å².